The molecule has 2 aromatic heterocycles. The lowest BCUT2D eigenvalue weighted by atomic mass is 10.0. The Morgan fingerprint density at radius 1 is 1.00 bits per heavy atom. The Bertz CT molecular complexity index is 1600. The van der Waals surface area contributed by atoms with Gasteiger partial charge < -0.3 is 29.6 Å². The average molecular weight is 583 g/mol. The van der Waals surface area contributed by atoms with Gasteiger partial charge in [-0.2, -0.15) is 0 Å². The highest BCUT2D eigenvalue weighted by molar-refractivity contribution is 6.05. The third-order valence-corrected chi connectivity index (χ3v) is 7.37. The number of nitrogens with one attached hydrogen (secondary N) is 1. The van der Waals surface area contributed by atoms with Gasteiger partial charge in [0.05, 0.1) is 23.4 Å². The number of carbonyl (C=O) groups excluding carboxylic acids is 2. The second kappa shape index (κ2) is 13.3. The molecule has 2 N–H and O–H groups in total. The van der Waals surface area contributed by atoms with Gasteiger partial charge in [0.2, 0.25) is 0 Å². The van der Waals surface area contributed by atoms with E-state index >= 15 is 0 Å². The molecule has 11 nitrogen and oxygen atoms in total. The van der Waals surface area contributed by atoms with E-state index in [1.807, 2.05) is 42.5 Å². The largest absolute Gasteiger partial charge is 0.481 e. The molecular formula is C32H34N6O5. The van der Waals surface area contributed by atoms with E-state index < -0.39 is 5.97 Å². The molecule has 4 aromatic rings. The number of aliphatic carboxylic acids is 1. The first kappa shape index (κ1) is 29.5. The first-order chi connectivity index (χ1) is 20.8. The molecule has 0 aliphatic carbocycles. The summed E-state index contributed by atoms with van der Waals surface area (Å²) in [6.45, 7) is 5.50. The van der Waals surface area contributed by atoms with Gasteiger partial charge >= 0.3 is 5.97 Å². The third-order valence-electron chi connectivity index (χ3n) is 7.37. The van der Waals surface area contributed by atoms with Gasteiger partial charge in [-0.3, -0.25) is 19.4 Å². The Morgan fingerprint density at radius 3 is 2.49 bits per heavy atom. The lowest BCUT2D eigenvalue weighted by molar-refractivity contribution is -0.137. The SMILES string of the molecule is Cc1cc(C(=O)Nc2cc(-c3cccc(CN(CCC(=O)O)C(=O)c4cccnc4)c3)ccc2N2CCN(C)CC2)no1. The molecule has 11 heteroatoms. The number of carbonyl (C=O) groups is 3. The summed E-state index contributed by atoms with van der Waals surface area (Å²) in [5.74, 6) is -1.08. The normalized spacial score (nSPS) is 13.5. The van der Waals surface area contributed by atoms with Crippen molar-refractivity contribution in [2.75, 3.05) is 50.0 Å². The van der Waals surface area contributed by atoms with Gasteiger partial charge in [0.1, 0.15) is 5.76 Å². The number of carboxylic acids is 1. The summed E-state index contributed by atoms with van der Waals surface area (Å²) in [4.78, 5) is 47.7. The zero-order valence-corrected chi connectivity index (χ0v) is 24.2. The van der Waals surface area contributed by atoms with Crippen molar-refractivity contribution in [3.63, 3.8) is 0 Å². The van der Waals surface area contributed by atoms with E-state index in [2.05, 4.69) is 32.3 Å². The van der Waals surface area contributed by atoms with Crippen LogP contribution in [0.5, 0.6) is 0 Å². The molecule has 0 unspecified atom stereocenters. The molecule has 3 heterocycles. The molecular weight excluding hydrogens is 548 g/mol. The van der Waals surface area contributed by atoms with Crippen molar-refractivity contribution in [2.45, 2.75) is 19.9 Å². The monoisotopic (exact) mass is 582 g/mol. The number of anilines is 2. The second-order valence-electron chi connectivity index (χ2n) is 10.6. The van der Waals surface area contributed by atoms with Crippen LogP contribution < -0.4 is 10.2 Å². The van der Waals surface area contributed by atoms with Crippen molar-refractivity contribution in [3.8, 4) is 11.1 Å². The Balaban J connectivity index is 1.43. The molecule has 5 rings (SSSR count). The molecule has 222 valence electrons. The van der Waals surface area contributed by atoms with Gasteiger partial charge in [-0.05, 0) is 61.0 Å². The molecule has 1 aliphatic heterocycles. The summed E-state index contributed by atoms with van der Waals surface area (Å²) in [6, 6.07) is 18.7. The standard InChI is InChI=1S/C32H34N6O5/c1-22-17-28(35-43-22)31(41)34-27-19-25(8-9-29(27)37-15-13-36(2)14-16-37)24-6-3-5-23(18-24)21-38(12-10-30(39)40)32(42)26-7-4-11-33-20-26/h3-9,11,17-20H,10,12-16,21H2,1-2H3,(H,34,41)(H,39,40). The number of benzene rings is 2. The number of aryl methyl sites for hydroxylation is 1. The molecule has 1 aliphatic rings. The van der Waals surface area contributed by atoms with Crippen LogP contribution in [0.3, 0.4) is 0 Å². The number of hydrogen-bond acceptors (Lipinski definition) is 8. The van der Waals surface area contributed by atoms with Crippen molar-refractivity contribution in [3.05, 3.63) is 95.6 Å². The van der Waals surface area contributed by atoms with Crippen molar-refractivity contribution in [1.29, 1.82) is 0 Å². The fourth-order valence-corrected chi connectivity index (χ4v) is 5.02. The number of nitrogens with zero attached hydrogens (tertiary/aromatic N) is 5. The highest BCUT2D eigenvalue weighted by atomic mass is 16.5. The Kier molecular flexibility index (Phi) is 9.11. The van der Waals surface area contributed by atoms with E-state index in [1.165, 1.54) is 11.1 Å². The molecule has 43 heavy (non-hydrogen) atoms. The number of amides is 2. The number of piperazine rings is 1. The van der Waals surface area contributed by atoms with Crippen LogP contribution in [0.25, 0.3) is 11.1 Å². The van der Waals surface area contributed by atoms with Crippen LogP contribution in [-0.2, 0) is 11.3 Å². The molecule has 0 spiro atoms. The van der Waals surface area contributed by atoms with Gasteiger partial charge in [-0.1, -0.05) is 29.4 Å². The minimum Gasteiger partial charge on any atom is -0.481 e. The molecule has 0 atom stereocenters. The maximum absolute atomic E-state index is 13.2. The first-order valence-corrected chi connectivity index (χ1v) is 14.1. The number of rotatable bonds is 10. The summed E-state index contributed by atoms with van der Waals surface area (Å²) in [5, 5.41) is 16.2. The summed E-state index contributed by atoms with van der Waals surface area (Å²) >= 11 is 0. The predicted molar refractivity (Wildman–Crippen MR) is 162 cm³/mol. The highest BCUT2D eigenvalue weighted by Crippen LogP contribution is 2.33. The molecule has 1 fully saturated rings. The maximum atomic E-state index is 13.2. The number of aromatic nitrogens is 2. The van der Waals surface area contributed by atoms with Crippen LogP contribution in [0.15, 0.2) is 77.6 Å². The third kappa shape index (κ3) is 7.44. The van der Waals surface area contributed by atoms with Crippen molar-refractivity contribution in [2.24, 2.45) is 0 Å². The van der Waals surface area contributed by atoms with Crippen molar-refractivity contribution < 1.29 is 24.0 Å². The highest BCUT2D eigenvalue weighted by Gasteiger charge is 2.21. The van der Waals surface area contributed by atoms with Crippen molar-refractivity contribution in [1.82, 2.24) is 19.9 Å². The minimum atomic E-state index is -0.978. The minimum absolute atomic E-state index is 0.0602. The number of carboxylic acid groups (broad SMARTS) is 1. The molecule has 0 saturated carbocycles. The van der Waals surface area contributed by atoms with E-state index in [0.29, 0.717) is 17.0 Å². The summed E-state index contributed by atoms with van der Waals surface area (Å²) in [5.41, 5.74) is 4.79. The fraction of sp³-hybridized carbons (Fsp3) is 0.281. The molecule has 0 radical (unpaired) electrons. The summed E-state index contributed by atoms with van der Waals surface area (Å²) in [7, 11) is 2.09. The fourth-order valence-electron chi connectivity index (χ4n) is 5.02. The van der Waals surface area contributed by atoms with Gasteiger partial charge in [0.25, 0.3) is 11.8 Å². The van der Waals surface area contributed by atoms with Crippen molar-refractivity contribution >= 4 is 29.2 Å². The quantitative estimate of drug-likeness (QED) is 0.283. The molecule has 1 saturated heterocycles. The molecule has 2 amide bonds. The summed E-state index contributed by atoms with van der Waals surface area (Å²) in [6.07, 6.45) is 2.89. The van der Waals surface area contributed by atoms with E-state index in [-0.39, 0.29) is 37.0 Å². The average Bonchev–Trinajstić information content (AvgIpc) is 3.46. The van der Waals surface area contributed by atoms with E-state index in [1.54, 1.807) is 31.3 Å². The van der Waals surface area contributed by atoms with Crippen LogP contribution in [0.1, 0.15) is 38.6 Å². The van der Waals surface area contributed by atoms with Crippen LogP contribution in [-0.4, -0.2) is 82.6 Å². The topological polar surface area (TPSA) is 132 Å². The Labute approximate surface area is 249 Å². The zero-order chi connectivity index (χ0) is 30.3. The number of hydrogen-bond donors (Lipinski definition) is 2. The first-order valence-electron chi connectivity index (χ1n) is 14.1. The van der Waals surface area contributed by atoms with E-state index in [0.717, 1.165) is 48.6 Å². The van der Waals surface area contributed by atoms with Crippen LogP contribution in [0, 0.1) is 6.92 Å². The maximum Gasteiger partial charge on any atom is 0.305 e. The van der Waals surface area contributed by atoms with Gasteiger partial charge in [0.15, 0.2) is 5.69 Å². The van der Waals surface area contributed by atoms with Gasteiger partial charge in [-0.25, -0.2) is 0 Å². The van der Waals surface area contributed by atoms with Gasteiger partial charge in [0, 0.05) is 57.7 Å². The lowest BCUT2D eigenvalue weighted by Gasteiger charge is -2.35. The van der Waals surface area contributed by atoms with Crippen LogP contribution in [0.2, 0.25) is 0 Å². The molecule has 0 bridgehead atoms. The number of likely N-dealkylation sites (N-methyl/N-ethyl adjacent to an activating group) is 1. The van der Waals surface area contributed by atoms with E-state index in [4.69, 9.17) is 4.52 Å². The van der Waals surface area contributed by atoms with Crippen LogP contribution in [0.4, 0.5) is 11.4 Å². The van der Waals surface area contributed by atoms with E-state index in [9.17, 15) is 19.5 Å². The predicted octanol–water partition coefficient (Wildman–Crippen LogP) is 4.17. The summed E-state index contributed by atoms with van der Waals surface area (Å²) < 4.78 is 5.10. The Hall–Kier alpha value is -5.03. The number of pyridine rings is 1. The zero-order valence-electron chi connectivity index (χ0n) is 24.2. The lowest BCUT2D eigenvalue weighted by Crippen LogP contribution is -2.44. The smallest absolute Gasteiger partial charge is 0.305 e. The Morgan fingerprint density at radius 2 is 1.79 bits per heavy atom. The van der Waals surface area contributed by atoms with Gasteiger partial charge in [-0.15, -0.1) is 0 Å². The van der Waals surface area contributed by atoms with Crippen LogP contribution >= 0.6 is 0 Å². The second-order valence-corrected chi connectivity index (χ2v) is 10.6. The molecule has 2 aromatic carbocycles.